The Kier molecular flexibility index (Phi) is 4.03. The topological polar surface area (TPSA) is 9.23 Å². The summed E-state index contributed by atoms with van der Waals surface area (Å²) in [6.45, 7) is 7.34. The number of fused-ring (bicyclic) bond motifs is 3. The van der Waals surface area contributed by atoms with Gasteiger partial charge >= 0.3 is 0 Å². The van der Waals surface area contributed by atoms with Crippen molar-refractivity contribution in [1.29, 1.82) is 0 Å². The van der Waals surface area contributed by atoms with Gasteiger partial charge in [0.2, 0.25) is 0 Å². The Morgan fingerprint density at radius 3 is 2.71 bits per heavy atom. The highest BCUT2D eigenvalue weighted by molar-refractivity contribution is 5.40. The summed E-state index contributed by atoms with van der Waals surface area (Å²) in [5.41, 5.74) is 3.74. The minimum absolute atomic E-state index is 0.569. The number of rotatable bonds is 3. The first-order valence-corrected chi connectivity index (χ1v) is 8.79. The quantitative estimate of drug-likeness (QED) is 0.705. The zero-order chi connectivity index (χ0) is 15.0. The van der Waals surface area contributed by atoms with Crippen molar-refractivity contribution in [2.24, 2.45) is 17.3 Å². The monoisotopic (exact) mass is 286 g/mol. The van der Waals surface area contributed by atoms with E-state index in [1.165, 1.54) is 38.5 Å². The fraction of sp³-hybridized carbons (Fsp3) is 0.700. The lowest BCUT2D eigenvalue weighted by atomic mass is 9.53. The molecule has 116 valence electrons. The summed E-state index contributed by atoms with van der Waals surface area (Å²) in [5, 5.41) is 0. The molecule has 1 aromatic carbocycles. The Balaban J connectivity index is 1.93. The summed E-state index contributed by atoms with van der Waals surface area (Å²) in [7, 11) is 1.77. The van der Waals surface area contributed by atoms with Crippen molar-refractivity contribution >= 4 is 0 Å². The molecule has 0 saturated heterocycles. The molecule has 4 atom stereocenters. The Labute approximate surface area is 130 Å². The summed E-state index contributed by atoms with van der Waals surface area (Å²) in [5.74, 6) is 3.61. The molecule has 3 rings (SSSR count). The van der Waals surface area contributed by atoms with Crippen LogP contribution >= 0.6 is 0 Å². The number of hydrogen-bond acceptors (Lipinski definition) is 1. The molecule has 1 heteroatoms. The Morgan fingerprint density at radius 1 is 1.24 bits per heavy atom. The van der Waals surface area contributed by atoms with Crippen LogP contribution in [0.3, 0.4) is 0 Å². The molecule has 0 unspecified atom stereocenters. The summed E-state index contributed by atoms with van der Waals surface area (Å²) < 4.78 is 5.41. The van der Waals surface area contributed by atoms with Crippen molar-refractivity contribution in [3.8, 4) is 5.75 Å². The van der Waals surface area contributed by atoms with Gasteiger partial charge in [0.15, 0.2) is 0 Å². The van der Waals surface area contributed by atoms with Crippen LogP contribution in [0.15, 0.2) is 18.2 Å². The molecule has 1 fully saturated rings. The van der Waals surface area contributed by atoms with Crippen molar-refractivity contribution in [3.63, 3.8) is 0 Å². The van der Waals surface area contributed by atoms with Gasteiger partial charge in [-0.25, -0.2) is 0 Å². The summed E-state index contributed by atoms with van der Waals surface area (Å²) in [6.07, 6.45) is 8.07. The second-order valence-electron chi connectivity index (χ2n) is 7.43. The van der Waals surface area contributed by atoms with Gasteiger partial charge in [0.1, 0.15) is 5.75 Å². The molecular weight excluding hydrogens is 256 g/mol. The highest BCUT2D eigenvalue weighted by Gasteiger charge is 2.46. The number of benzene rings is 1. The van der Waals surface area contributed by atoms with E-state index in [-0.39, 0.29) is 0 Å². The molecule has 0 bridgehead atoms. The van der Waals surface area contributed by atoms with Gasteiger partial charge in [-0.2, -0.15) is 0 Å². The van der Waals surface area contributed by atoms with E-state index in [4.69, 9.17) is 4.74 Å². The second-order valence-corrected chi connectivity index (χ2v) is 7.43. The van der Waals surface area contributed by atoms with E-state index in [9.17, 15) is 0 Å². The summed E-state index contributed by atoms with van der Waals surface area (Å²) in [6, 6.07) is 6.79. The fourth-order valence-electron chi connectivity index (χ4n) is 5.31. The smallest absolute Gasteiger partial charge is 0.119 e. The number of ether oxygens (including phenoxy) is 1. The maximum atomic E-state index is 5.41. The van der Waals surface area contributed by atoms with Gasteiger partial charge in [-0.05, 0) is 72.1 Å². The zero-order valence-electron chi connectivity index (χ0n) is 14.1. The third-order valence-corrected chi connectivity index (χ3v) is 6.70. The van der Waals surface area contributed by atoms with E-state index in [0.29, 0.717) is 5.41 Å². The van der Waals surface area contributed by atoms with Crippen LogP contribution in [0.1, 0.15) is 69.9 Å². The standard InChI is InChI=1S/C20H30O/c1-5-19-18-9-7-14-13-15(21-4)8-10-16(14)17(18)11-12-20(19,3)6-2/h8,10,13,17-19H,5-7,9,11-12H2,1-4H3/t17-,18-,19+,20-/m1/s1. The summed E-state index contributed by atoms with van der Waals surface area (Å²) >= 11 is 0. The van der Waals surface area contributed by atoms with Gasteiger partial charge in [0.25, 0.3) is 0 Å². The van der Waals surface area contributed by atoms with Crippen molar-refractivity contribution in [1.82, 2.24) is 0 Å². The maximum Gasteiger partial charge on any atom is 0.119 e. The maximum absolute atomic E-state index is 5.41. The Morgan fingerprint density at radius 2 is 2.05 bits per heavy atom. The van der Waals surface area contributed by atoms with Gasteiger partial charge in [0.05, 0.1) is 7.11 Å². The van der Waals surface area contributed by atoms with Gasteiger partial charge in [0, 0.05) is 0 Å². The first-order valence-electron chi connectivity index (χ1n) is 8.79. The average molecular weight is 286 g/mol. The minimum atomic E-state index is 0.569. The molecule has 0 radical (unpaired) electrons. The molecule has 1 aromatic rings. The van der Waals surface area contributed by atoms with Crippen LogP contribution in [0.4, 0.5) is 0 Å². The van der Waals surface area contributed by atoms with Crippen LogP contribution in [0.25, 0.3) is 0 Å². The zero-order valence-corrected chi connectivity index (χ0v) is 14.1. The molecule has 21 heavy (non-hydrogen) atoms. The number of methoxy groups -OCH3 is 1. The van der Waals surface area contributed by atoms with E-state index in [0.717, 1.165) is 23.5 Å². The molecule has 0 aliphatic heterocycles. The Hall–Kier alpha value is -0.980. The number of aryl methyl sites for hydroxylation is 1. The second kappa shape index (κ2) is 5.66. The predicted molar refractivity (Wildman–Crippen MR) is 89.0 cm³/mol. The molecular formula is C20H30O. The third-order valence-electron chi connectivity index (χ3n) is 6.70. The number of hydrogen-bond donors (Lipinski definition) is 0. The lowest BCUT2D eigenvalue weighted by Gasteiger charge is -2.52. The van der Waals surface area contributed by atoms with Crippen LogP contribution in [0, 0.1) is 17.3 Å². The Bertz CT molecular complexity index is 507. The van der Waals surface area contributed by atoms with Gasteiger partial charge in [-0.1, -0.05) is 39.7 Å². The van der Waals surface area contributed by atoms with E-state index >= 15 is 0 Å². The highest BCUT2D eigenvalue weighted by Crippen LogP contribution is 2.56. The molecule has 0 aromatic heterocycles. The van der Waals surface area contributed by atoms with Crippen LogP contribution < -0.4 is 4.74 Å². The van der Waals surface area contributed by atoms with Crippen LogP contribution in [-0.4, -0.2) is 7.11 Å². The molecule has 1 saturated carbocycles. The first kappa shape index (κ1) is 14.9. The molecule has 0 amide bonds. The van der Waals surface area contributed by atoms with Gasteiger partial charge < -0.3 is 4.74 Å². The molecule has 2 aliphatic rings. The minimum Gasteiger partial charge on any atom is -0.497 e. The van der Waals surface area contributed by atoms with E-state index in [1.54, 1.807) is 18.2 Å². The van der Waals surface area contributed by atoms with Crippen molar-refractivity contribution in [2.75, 3.05) is 7.11 Å². The SMILES string of the molecule is CC[C@H]1[C@@H]2CCc3cc(OC)ccc3[C@H]2CC[C@@]1(C)CC. The van der Waals surface area contributed by atoms with Crippen LogP contribution in [0.5, 0.6) is 5.75 Å². The molecule has 0 N–H and O–H groups in total. The van der Waals surface area contributed by atoms with Gasteiger partial charge in [-0.15, -0.1) is 0 Å². The largest absolute Gasteiger partial charge is 0.497 e. The lowest BCUT2D eigenvalue weighted by molar-refractivity contribution is 0.0256. The highest BCUT2D eigenvalue weighted by atomic mass is 16.5. The van der Waals surface area contributed by atoms with E-state index in [1.807, 2.05) is 0 Å². The van der Waals surface area contributed by atoms with E-state index < -0.39 is 0 Å². The van der Waals surface area contributed by atoms with E-state index in [2.05, 4.69) is 39.0 Å². The lowest BCUT2D eigenvalue weighted by Crippen LogP contribution is -2.42. The van der Waals surface area contributed by atoms with Gasteiger partial charge in [-0.3, -0.25) is 0 Å². The average Bonchev–Trinajstić information content (AvgIpc) is 2.53. The predicted octanol–water partition coefficient (Wildman–Crippen LogP) is 5.58. The normalized spacial score (nSPS) is 35.0. The molecule has 0 heterocycles. The van der Waals surface area contributed by atoms with Crippen molar-refractivity contribution in [3.05, 3.63) is 29.3 Å². The molecule has 2 aliphatic carbocycles. The fourth-order valence-corrected chi connectivity index (χ4v) is 5.31. The van der Waals surface area contributed by atoms with Crippen molar-refractivity contribution in [2.45, 2.75) is 65.2 Å². The van der Waals surface area contributed by atoms with Crippen molar-refractivity contribution < 1.29 is 4.74 Å². The molecule has 1 nitrogen and oxygen atoms in total. The van der Waals surface area contributed by atoms with Crippen LogP contribution in [-0.2, 0) is 6.42 Å². The third kappa shape index (κ3) is 2.39. The first-order chi connectivity index (χ1) is 10.1. The van der Waals surface area contributed by atoms with Crippen LogP contribution in [0.2, 0.25) is 0 Å². The molecule has 0 spiro atoms. The summed E-state index contributed by atoms with van der Waals surface area (Å²) in [4.78, 5) is 0.